The van der Waals surface area contributed by atoms with Crippen molar-refractivity contribution in [2.45, 2.75) is 24.0 Å². The van der Waals surface area contributed by atoms with Gasteiger partial charge in [-0.1, -0.05) is 11.6 Å². The first-order chi connectivity index (χ1) is 9.63. The fourth-order valence-corrected chi connectivity index (χ4v) is 3.58. The van der Waals surface area contributed by atoms with Crippen LogP contribution >= 0.6 is 23.4 Å². The molecule has 4 heteroatoms. The number of anilines is 1. The van der Waals surface area contributed by atoms with E-state index < -0.39 is 0 Å². The van der Waals surface area contributed by atoms with E-state index >= 15 is 0 Å². The molecule has 20 heavy (non-hydrogen) atoms. The lowest BCUT2D eigenvalue weighted by Gasteiger charge is -2.09. The average molecular weight is 306 g/mol. The van der Waals surface area contributed by atoms with Crippen molar-refractivity contribution in [3.05, 3.63) is 52.0 Å². The van der Waals surface area contributed by atoms with Gasteiger partial charge in [0, 0.05) is 33.3 Å². The van der Waals surface area contributed by atoms with Crippen LogP contribution < -0.4 is 10.5 Å². The quantitative estimate of drug-likeness (QED) is 0.672. The molecule has 2 aromatic carbocycles. The first kappa shape index (κ1) is 13.7. The van der Waals surface area contributed by atoms with Crippen LogP contribution in [0.5, 0.6) is 5.75 Å². The zero-order chi connectivity index (χ0) is 14.1. The molecule has 0 unspecified atom stereocenters. The average Bonchev–Trinajstić information content (AvgIpc) is 2.88. The Kier molecular flexibility index (Phi) is 3.81. The molecule has 0 saturated heterocycles. The van der Waals surface area contributed by atoms with E-state index in [1.165, 1.54) is 16.0 Å². The number of hydrogen-bond acceptors (Lipinski definition) is 3. The number of fused-ring (bicyclic) bond motifs is 1. The third kappa shape index (κ3) is 2.74. The maximum Gasteiger partial charge on any atom is 0.126 e. The minimum atomic E-state index is 0.758. The van der Waals surface area contributed by atoms with Crippen LogP contribution in [-0.4, -0.2) is 6.61 Å². The number of halogens is 1. The molecule has 0 saturated carbocycles. The van der Waals surface area contributed by atoms with Gasteiger partial charge in [-0.3, -0.25) is 0 Å². The molecule has 0 amide bonds. The van der Waals surface area contributed by atoms with Crippen molar-refractivity contribution < 1.29 is 4.74 Å². The monoisotopic (exact) mass is 305 g/mol. The second-order valence-corrected chi connectivity index (χ2v) is 6.44. The summed E-state index contributed by atoms with van der Waals surface area (Å²) in [6.07, 6.45) is 0.953. The normalized spacial score (nSPS) is 13.1. The molecular formula is C16H16ClNOS. The van der Waals surface area contributed by atoms with Crippen molar-refractivity contribution in [2.75, 3.05) is 12.3 Å². The molecule has 2 nitrogen and oxygen atoms in total. The Hall–Kier alpha value is -1.32. The predicted octanol–water partition coefficient (Wildman–Crippen LogP) is 4.46. The number of benzene rings is 2. The minimum absolute atomic E-state index is 0.758. The van der Waals surface area contributed by atoms with Gasteiger partial charge in [0.1, 0.15) is 5.75 Å². The Balaban J connectivity index is 1.80. The number of nitrogen functional groups attached to an aromatic ring is 1. The van der Waals surface area contributed by atoms with Crippen LogP contribution in [0.3, 0.4) is 0 Å². The van der Waals surface area contributed by atoms with Crippen molar-refractivity contribution in [1.29, 1.82) is 0 Å². The fourth-order valence-electron chi connectivity index (χ4n) is 2.35. The van der Waals surface area contributed by atoms with Crippen molar-refractivity contribution in [3.8, 4) is 5.75 Å². The highest BCUT2D eigenvalue weighted by Gasteiger charge is 2.17. The third-order valence-electron chi connectivity index (χ3n) is 3.46. The van der Waals surface area contributed by atoms with E-state index in [1.54, 1.807) is 11.8 Å². The first-order valence-electron chi connectivity index (χ1n) is 6.56. The minimum Gasteiger partial charge on any atom is -0.493 e. The Morgan fingerprint density at radius 1 is 1.30 bits per heavy atom. The molecule has 0 radical (unpaired) electrons. The number of hydrogen-bond donors (Lipinski definition) is 1. The molecule has 3 rings (SSSR count). The van der Waals surface area contributed by atoms with Crippen LogP contribution in [0.4, 0.5) is 5.69 Å². The summed E-state index contributed by atoms with van der Waals surface area (Å²) in [5.74, 6) is 1.88. The lowest BCUT2D eigenvalue weighted by Crippen LogP contribution is -1.92. The van der Waals surface area contributed by atoms with Crippen LogP contribution in [-0.2, 0) is 12.2 Å². The van der Waals surface area contributed by atoms with E-state index in [4.69, 9.17) is 22.1 Å². The highest BCUT2D eigenvalue weighted by molar-refractivity contribution is 7.98. The summed E-state index contributed by atoms with van der Waals surface area (Å²) in [6, 6.07) is 10.1. The van der Waals surface area contributed by atoms with Gasteiger partial charge >= 0.3 is 0 Å². The van der Waals surface area contributed by atoms with E-state index in [1.807, 2.05) is 25.1 Å². The van der Waals surface area contributed by atoms with E-state index in [9.17, 15) is 0 Å². The summed E-state index contributed by atoms with van der Waals surface area (Å²) >= 11 is 7.95. The fraction of sp³-hybridized carbons (Fsp3) is 0.250. The molecule has 1 aliphatic rings. The topological polar surface area (TPSA) is 35.2 Å². The summed E-state index contributed by atoms with van der Waals surface area (Å²) in [7, 11) is 0. The van der Waals surface area contributed by atoms with Crippen LogP contribution in [0.1, 0.15) is 16.7 Å². The molecule has 2 N–H and O–H groups in total. The Morgan fingerprint density at radius 2 is 2.15 bits per heavy atom. The Morgan fingerprint density at radius 3 is 2.95 bits per heavy atom. The van der Waals surface area contributed by atoms with Crippen molar-refractivity contribution in [1.82, 2.24) is 0 Å². The van der Waals surface area contributed by atoms with Gasteiger partial charge in [0.05, 0.1) is 6.61 Å². The van der Waals surface area contributed by atoms with Gasteiger partial charge in [0.2, 0.25) is 0 Å². The molecule has 0 aromatic heterocycles. The van der Waals surface area contributed by atoms with Crippen molar-refractivity contribution in [2.24, 2.45) is 0 Å². The molecule has 0 fully saturated rings. The maximum atomic E-state index is 6.17. The molecule has 0 atom stereocenters. The largest absolute Gasteiger partial charge is 0.493 e. The second kappa shape index (κ2) is 5.58. The second-order valence-electron chi connectivity index (χ2n) is 4.96. The molecule has 1 aliphatic heterocycles. The van der Waals surface area contributed by atoms with Crippen LogP contribution in [0.15, 0.2) is 35.2 Å². The number of aryl methyl sites for hydroxylation is 1. The standard InChI is InChI=1S/C16H16ClNOS/c1-10-6-14(2-3-15(10)18)20-9-12-8-13(17)7-11-4-5-19-16(11)12/h2-3,6-8H,4-5,9,18H2,1H3. The van der Waals surface area contributed by atoms with Crippen molar-refractivity contribution in [3.63, 3.8) is 0 Å². The van der Waals surface area contributed by atoms with Gasteiger partial charge in [-0.05, 0) is 48.4 Å². The lowest BCUT2D eigenvalue weighted by atomic mass is 10.1. The summed E-state index contributed by atoms with van der Waals surface area (Å²) in [6.45, 7) is 2.79. The maximum absolute atomic E-state index is 6.17. The predicted molar refractivity (Wildman–Crippen MR) is 85.8 cm³/mol. The van der Waals surface area contributed by atoms with Gasteiger partial charge in [0.15, 0.2) is 0 Å². The summed E-state index contributed by atoms with van der Waals surface area (Å²) in [5, 5.41) is 0.790. The van der Waals surface area contributed by atoms with E-state index in [-0.39, 0.29) is 0 Å². The number of thioether (sulfide) groups is 1. The van der Waals surface area contributed by atoms with Crippen LogP contribution in [0.25, 0.3) is 0 Å². The Labute approximate surface area is 128 Å². The molecule has 2 aromatic rings. The zero-order valence-corrected chi connectivity index (χ0v) is 12.9. The highest BCUT2D eigenvalue weighted by Crippen LogP contribution is 2.36. The van der Waals surface area contributed by atoms with Gasteiger partial charge < -0.3 is 10.5 Å². The van der Waals surface area contributed by atoms with Gasteiger partial charge in [-0.25, -0.2) is 0 Å². The molecular weight excluding hydrogens is 290 g/mol. The van der Waals surface area contributed by atoms with E-state index in [2.05, 4.69) is 12.1 Å². The highest BCUT2D eigenvalue weighted by atomic mass is 35.5. The third-order valence-corrected chi connectivity index (χ3v) is 4.72. The Bertz CT molecular complexity index is 657. The first-order valence-corrected chi connectivity index (χ1v) is 7.93. The molecule has 1 heterocycles. The summed E-state index contributed by atoms with van der Waals surface area (Å²) < 4.78 is 5.72. The van der Waals surface area contributed by atoms with Gasteiger partial charge in [-0.2, -0.15) is 0 Å². The summed E-state index contributed by atoms with van der Waals surface area (Å²) in [4.78, 5) is 1.21. The van der Waals surface area contributed by atoms with E-state index in [0.29, 0.717) is 0 Å². The number of rotatable bonds is 3. The zero-order valence-electron chi connectivity index (χ0n) is 11.3. The number of nitrogens with two attached hydrogens (primary N) is 1. The lowest BCUT2D eigenvalue weighted by molar-refractivity contribution is 0.354. The van der Waals surface area contributed by atoms with Gasteiger partial charge in [-0.15, -0.1) is 11.8 Å². The van der Waals surface area contributed by atoms with E-state index in [0.717, 1.165) is 40.8 Å². The SMILES string of the molecule is Cc1cc(SCc2cc(Cl)cc3c2OCC3)ccc1N. The number of ether oxygens (including phenoxy) is 1. The summed E-state index contributed by atoms with van der Waals surface area (Å²) in [5.41, 5.74) is 10.2. The molecule has 0 bridgehead atoms. The van der Waals surface area contributed by atoms with Crippen LogP contribution in [0.2, 0.25) is 5.02 Å². The van der Waals surface area contributed by atoms with Crippen molar-refractivity contribution >= 4 is 29.1 Å². The molecule has 0 spiro atoms. The molecule has 0 aliphatic carbocycles. The molecule has 104 valence electrons. The smallest absolute Gasteiger partial charge is 0.126 e. The van der Waals surface area contributed by atoms with Crippen LogP contribution in [0, 0.1) is 6.92 Å². The van der Waals surface area contributed by atoms with Gasteiger partial charge in [0.25, 0.3) is 0 Å².